The van der Waals surface area contributed by atoms with Crippen molar-refractivity contribution in [2.45, 2.75) is 53.1 Å². The van der Waals surface area contributed by atoms with Crippen molar-refractivity contribution in [1.82, 2.24) is 4.98 Å². The zero-order valence-corrected chi connectivity index (χ0v) is 22.0. The molecular weight excluding hydrogens is 485 g/mol. The molecule has 0 saturated carbocycles. The van der Waals surface area contributed by atoms with Crippen LogP contribution in [0.25, 0.3) is 11.1 Å². The molecule has 1 atom stereocenters. The highest BCUT2D eigenvalue weighted by Crippen LogP contribution is 2.37. The summed E-state index contributed by atoms with van der Waals surface area (Å²) in [6.45, 7) is 10.6. The van der Waals surface area contributed by atoms with Gasteiger partial charge in [-0.2, -0.15) is 13.2 Å². The van der Waals surface area contributed by atoms with Gasteiger partial charge in [0.05, 0.1) is 10.6 Å². The zero-order valence-electron chi connectivity index (χ0n) is 21.2. The van der Waals surface area contributed by atoms with Crippen LogP contribution in [0, 0.1) is 11.8 Å². The van der Waals surface area contributed by atoms with Crippen molar-refractivity contribution in [3.63, 3.8) is 0 Å². The average molecular weight is 517 g/mol. The number of alkyl halides is 3. The van der Waals surface area contributed by atoms with Crippen LogP contribution >= 0.6 is 11.6 Å². The summed E-state index contributed by atoms with van der Waals surface area (Å²) in [5.41, 5.74) is 2.35. The molecule has 0 N–H and O–H groups in total. The molecule has 36 heavy (non-hydrogen) atoms. The van der Waals surface area contributed by atoms with Gasteiger partial charge in [-0.1, -0.05) is 57.5 Å². The molecule has 1 unspecified atom stereocenters. The van der Waals surface area contributed by atoms with Crippen LogP contribution in [0.3, 0.4) is 0 Å². The number of anilines is 2. The van der Waals surface area contributed by atoms with E-state index in [-0.39, 0.29) is 11.7 Å². The Kier molecular flexibility index (Phi) is 8.83. The van der Waals surface area contributed by atoms with Crippen molar-refractivity contribution in [1.29, 1.82) is 0 Å². The Morgan fingerprint density at radius 3 is 2.11 bits per heavy atom. The lowest BCUT2D eigenvalue weighted by Gasteiger charge is -2.28. The third kappa shape index (κ3) is 7.10. The number of carbonyl (C=O) groups is 1. The molecule has 192 valence electrons. The fourth-order valence-electron chi connectivity index (χ4n) is 4.24. The minimum absolute atomic E-state index is 0.0549. The first-order valence-corrected chi connectivity index (χ1v) is 12.4. The van der Waals surface area contributed by atoms with E-state index < -0.39 is 11.7 Å². The van der Waals surface area contributed by atoms with Gasteiger partial charge in [-0.15, -0.1) is 0 Å². The fourth-order valence-corrected chi connectivity index (χ4v) is 4.35. The molecule has 0 aliphatic carbocycles. The van der Waals surface area contributed by atoms with Crippen LogP contribution in [-0.4, -0.2) is 17.3 Å². The number of benzene rings is 2. The number of halogens is 4. The van der Waals surface area contributed by atoms with E-state index in [0.717, 1.165) is 28.9 Å². The van der Waals surface area contributed by atoms with Gasteiger partial charge in [-0.3, -0.25) is 4.79 Å². The predicted octanol–water partition coefficient (Wildman–Crippen LogP) is 8.93. The molecule has 3 aromatic rings. The lowest BCUT2D eigenvalue weighted by atomic mass is 9.85. The Balaban J connectivity index is 2.20. The molecule has 1 aromatic heterocycles. The van der Waals surface area contributed by atoms with Crippen LogP contribution < -0.4 is 4.90 Å². The molecule has 0 radical (unpaired) electrons. The lowest BCUT2D eigenvalue weighted by molar-refractivity contribution is -0.137. The van der Waals surface area contributed by atoms with E-state index in [9.17, 15) is 18.0 Å². The Hall–Kier alpha value is -2.86. The van der Waals surface area contributed by atoms with Crippen LogP contribution in [-0.2, 0) is 11.0 Å². The van der Waals surface area contributed by atoms with Gasteiger partial charge < -0.3 is 4.90 Å². The number of ketones is 1. The number of hydrogen-bond donors (Lipinski definition) is 0. The van der Waals surface area contributed by atoms with Crippen molar-refractivity contribution >= 4 is 28.9 Å². The molecular formula is C29H32ClF3N2O. The number of Topliss-reactive ketones (excluding diaryl/α,β-unsaturated/α-hetero) is 1. The van der Waals surface area contributed by atoms with Crippen molar-refractivity contribution in [2.75, 3.05) is 11.4 Å². The maximum atomic E-state index is 13.1. The molecule has 2 aromatic carbocycles. The van der Waals surface area contributed by atoms with Gasteiger partial charge in [-0.05, 0) is 78.3 Å². The second-order valence-electron chi connectivity index (χ2n) is 10.0. The van der Waals surface area contributed by atoms with E-state index in [0.29, 0.717) is 41.2 Å². The second kappa shape index (κ2) is 11.5. The maximum Gasteiger partial charge on any atom is 0.416 e. The number of aromatic nitrogens is 1. The molecule has 1 heterocycles. The summed E-state index contributed by atoms with van der Waals surface area (Å²) in [7, 11) is 0. The van der Waals surface area contributed by atoms with Gasteiger partial charge in [0.2, 0.25) is 0 Å². The smallest absolute Gasteiger partial charge is 0.326 e. The molecule has 3 rings (SSSR count). The molecule has 0 aliphatic heterocycles. The number of carbonyl (C=O) groups excluding carboxylic acids is 1. The first kappa shape index (κ1) is 27.7. The summed E-state index contributed by atoms with van der Waals surface area (Å²) < 4.78 is 39.4. The fraction of sp³-hybridized carbons (Fsp3) is 0.379. The first-order chi connectivity index (χ1) is 16.8. The standard InChI is InChI=1S/C29H32ClF3N2O/c1-18(2)12-27(20(5)36)23-13-22(21-6-8-24(9-7-21)29(31,32)33)14-26(15-23)35(17-19(3)4)28-11-10-25(30)16-34-28/h6-11,13-16,18-19,27H,12,17H2,1-5H3. The SMILES string of the molecule is CC(=O)C(CC(C)C)c1cc(-c2ccc(C(F)(F)F)cc2)cc(N(CC(C)C)c2ccc(Cl)cn2)c1. The Labute approximate surface area is 216 Å². The lowest BCUT2D eigenvalue weighted by Crippen LogP contribution is -2.24. The first-order valence-electron chi connectivity index (χ1n) is 12.1. The van der Waals surface area contributed by atoms with E-state index in [1.165, 1.54) is 12.1 Å². The monoisotopic (exact) mass is 516 g/mol. The molecule has 0 bridgehead atoms. The van der Waals surface area contributed by atoms with Gasteiger partial charge in [0, 0.05) is 24.3 Å². The summed E-state index contributed by atoms with van der Waals surface area (Å²) >= 11 is 6.07. The van der Waals surface area contributed by atoms with Crippen molar-refractivity contribution in [3.8, 4) is 11.1 Å². The third-order valence-corrected chi connectivity index (χ3v) is 6.16. The van der Waals surface area contributed by atoms with Crippen LogP contribution in [0.5, 0.6) is 0 Å². The number of hydrogen-bond acceptors (Lipinski definition) is 3. The van der Waals surface area contributed by atoms with Crippen LogP contribution in [0.4, 0.5) is 24.7 Å². The van der Waals surface area contributed by atoms with Gasteiger partial charge in [0.15, 0.2) is 0 Å². The predicted molar refractivity (Wildman–Crippen MR) is 141 cm³/mol. The van der Waals surface area contributed by atoms with E-state index in [1.54, 1.807) is 19.2 Å². The van der Waals surface area contributed by atoms with Gasteiger partial charge in [0.1, 0.15) is 11.6 Å². The molecule has 3 nitrogen and oxygen atoms in total. The Morgan fingerprint density at radius 1 is 0.944 bits per heavy atom. The second-order valence-corrected chi connectivity index (χ2v) is 10.5. The van der Waals surface area contributed by atoms with E-state index in [2.05, 4.69) is 37.6 Å². The Bertz CT molecular complexity index is 1170. The number of nitrogens with zero attached hydrogens (tertiary/aromatic N) is 2. The topological polar surface area (TPSA) is 33.2 Å². The van der Waals surface area contributed by atoms with E-state index in [1.807, 2.05) is 24.3 Å². The summed E-state index contributed by atoms with van der Waals surface area (Å²) in [6, 6.07) is 14.6. The van der Waals surface area contributed by atoms with Crippen LogP contribution in [0.1, 0.15) is 58.1 Å². The number of pyridine rings is 1. The highest BCUT2D eigenvalue weighted by molar-refractivity contribution is 6.30. The van der Waals surface area contributed by atoms with Crippen molar-refractivity contribution in [3.05, 3.63) is 76.9 Å². The summed E-state index contributed by atoms with van der Waals surface area (Å²) in [4.78, 5) is 19.3. The zero-order chi connectivity index (χ0) is 26.6. The minimum atomic E-state index is -4.41. The molecule has 0 fully saturated rings. The molecule has 0 saturated heterocycles. The Morgan fingerprint density at radius 2 is 1.61 bits per heavy atom. The van der Waals surface area contributed by atoms with Crippen LogP contribution in [0.15, 0.2) is 60.8 Å². The molecule has 0 amide bonds. The number of rotatable bonds is 9. The van der Waals surface area contributed by atoms with E-state index >= 15 is 0 Å². The van der Waals surface area contributed by atoms with Crippen LogP contribution in [0.2, 0.25) is 5.02 Å². The molecule has 0 aliphatic rings. The third-order valence-electron chi connectivity index (χ3n) is 5.93. The van der Waals surface area contributed by atoms with E-state index in [4.69, 9.17) is 11.6 Å². The van der Waals surface area contributed by atoms with Crippen molar-refractivity contribution in [2.24, 2.45) is 11.8 Å². The summed E-state index contributed by atoms with van der Waals surface area (Å²) in [5.74, 6) is 1.02. The van der Waals surface area contributed by atoms with Gasteiger partial charge >= 0.3 is 6.18 Å². The normalized spacial score (nSPS) is 12.8. The minimum Gasteiger partial charge on any atom is -0.326 e. The van der Waals surface area contributed by atoms with Crippen molar-refractivity contribution < 1.29 is 18.0 Å². The highest BCUT2D eigenvalue weighted by atomic mass is 35.5. The van der Waals surface area contributed by atoms with Gasteiger partial charge in [-0.25, -0.2) is 4.98 Å². The quantitative estimate of drug-likeness (QED) is 0.284. The molecule has 7 heteroatoms. The highest BCUT2D eigenvalue weighted by Gasteiger charge is 2.30. The maximum absolute atomic E-state index is 13.1. The molecule has 0 spiro atoms. The summed E-state index contributed by atoms with van der Waals surface area (Å²) in [5, 5.41) is 0.524. The van der Waals surface area contributed by atoms with Gasteiger partial charge in [0.25, 0.3) is 0 Å². The summed E-state index contributed by atoms with van der Waals surface area (Å²) in [6.07, 6.45) is -2.15. The average Bonchev–Trinajstić information content (AvgIpc) is 2.80. The largest absolute Gasteiger partial charge is 0.416 e.